The van der Waals surface area contributed by atoms with Crippen LogP contribution in [0.3, 0.4) is 0 Å². The molecule has 0 heterocycles. The zero-order chi connectivity index (χ0) is 18.8. The van der Waals surface area contributed by atoms with Crippen LogP contribution in [0.5, 0.6) is 0 Å². The molecule has 0 aromatic heterocycles. The molecular formula is C20H40O5. The molecule has 0 amide bonds. The van der Waals surface area contributed by atoms with E-state index in [0.717, 1.165) is 32.1 Å². The minimum Gasteiger partial charge on any atom is -0.502 e. The van der Waals surface area contributed by atoms with Crippen molar-refractivity contribution in [3.63, 3.8) is 0 Å². The Bertz CT molecular complexity index is 300. The van der Waals surface area contributed by atoms with Crippen LogP contribution in [0.1, 0.15) is 85.0 Å². The van der Waals surface area contributed by atoms with Gasteiger partial charge in [0.25, 0.3) is 0 Å². The Kier molecular flexibility index (Phi) is 16.4. The lowest BCUT2D eigenvalue weighted by molar-refractivity contribution is -0.508. The van der Waals surface area contributed by atoms with Crippen molar-refractivity contribution in [2.75, 3.05) is 20.8 Å². The van der Waals surface area contributed by atoms with E-state index in [1.165, 1.54) is 46.3 Å². The molecule has 5 heteroatoms. The van der Waals surface area contributed by atoms with Crippen molar-refractivity contribution >= 4 is 0 Å². The topological polar surface area (TPSA) is 46.2 Å². The van der Waals surface area contributed by atoms with Crippen LogP contribution >= 0.6 is 0 Å². The second-order valence-electron chi connectivity index (χ2n) is 6.56. The molecule has 0 saturated heterocycles. The number of hydrogen-bond acceptors (Lipinski definition) is 5. The average Bonchev–Trinajstić information content (AvgIpc) is 2.59. The van der Waals surface area contributed by atoms with Gasteiger partial charge in [0, 0.05) is 5.92 Å². The van der Waals surface area contributed by atoms with E-state index in [1.807, 2.05) is 13.0 Å². The van der Waals surface area contributed by atoms with E-state index in [4.69, 9.17) is 24.3 Å². The van der Waals surface area contributed by atoms with Gasteiger partial charge < -0.3 is 4.74 Å². The van der Waals surface area contributed by atoms with Crippen molar-refractivity contribution in [2.24, 2.45) is 5.92 Å². The molecule has 0 radical (unpaired) electrons. The molecule has 0 fully saturated rings. The molecule has 0 aliphatic heterocycles. The van der Waals surface area contributed by atoms with E-state index in [1.54, 1.807) is 6.26 Å². The summed E-state index contributed by atoms with van der Waals surface area (Å²) in [7, 11) is 3.00. The van der Waals surface area contributed by atoms with E-state index in [0.29, 0.717) is 6.61 Å². The van der Waals surface area contributed by atoms with Crippen molar-refractivity contribution in [3.05, 3.63) is 12.3 Å². The Morgan fingerprint density at radius 3 is 2.04 bits per heavy atom. The lowest BCUT2D eigenvalue weighted by Gasteiger charge is -2.33. The lowest BCUT2D eigenvalue weighted by atomic mass is 9.89. The Labute approximate surface area is 154 Å². The van der Waals surface area contributed by atoms with Gasteiger partial charge in [0.1, 0.15) is 0 Å². The zero-order valence-corrected chi connectivity index (χ0v) is 17.1. The number of hydrogen-bond donors (Lipinski definition) is 0. The summed E-state index contributed by atoms with van der Waals surface area (Å²) in [5.74, 6) is -0.732. The first-order valence-corrected chi connectivity index (χ1v) is 9.84. The molecule has 0 aliphatic rings. The molecule has 0 N–H and O–H groups in total. The second-order valence-corrected chi connectivity index (χ2v) is 6.56. The highest BCUT2D eigenvalue weighted by Crippen LogP contribution is 2.32. The van der Waals surface area contributed by atoms with Gasteiger partial charge in [-0.3, -0.25) is 0 Å². The van der Waals surface area contributed by atoms with Crippen LogP contribution in [-0.2, 0) is 24.3 Å². The van der Waals surface area contributed by atoms with Crippen LogP contribution in [0.15, 0.2) is 12.3 Å². The zero-order valence-electron chi connectivity index (χ0n) is 17.1. The van der Waals surface area contributed by atoms with Gasteiger partial charge in [0.15, 0.2) is 0 Å². The molecule has 1 atom stereocenters. The van der Waals surface area contributed by atoms with Gasteiger partial charge in [-0.15, -0.1) is 0 Å². The third kappa shape index (κ3) is 12.4. The Hall–Kier alpha value is -0.620. The molecule has 0 aromatic rings. The monoisotopic (exact) mass is 360 g/mol. The van der Waals surface area contributed by atoms with Gasteiger partial charge in [-0.2, -0.15) is 9.78 Å². The van der Waals surface area contributed by atoms with Gasteiger partial charge in [-0.1, -0.05) is 58.4 Å². The van der Waals surface area contributed by atoms with Gasteiger partial charge in [-0.05, 0) is 32.6 Å². The summed E-state index contributed by atoms with van der Waals surface area (Å²) in [5.41, 5.74) is 0. The Morgan fingerprint density at radius 1 is 0.840 bits per heavy atom. The van der Waals surface area contributed by atoms with E-state index in [9.17, 15) is 0 Å². The first-order valence-electron chi connectivity index (χ1n) is 9.84. The van der Waals surface area contributed by atoms with E-state index >= 15 is 0 Å². The quantitative estimate of drug-likeness (QED) is 0.0994. The fourth-order valence-electron chi connectivity index (χ4n) is 2.97. The first-order chi connectivity index (χ1) is 12.1. The van der Waals surface area contributed by atoms with Crippen molar-refractivity contribution in [3.8, 4) is 0 Å². The number of ether oxygens (including phenoxy) is 1. The number of rotatable bonds is 18. The minimum absolute atomic E-state index is 0.178. The summed E-state index contributed by atoms with van der Waals surface area (Å²) in [6.45, 7) is 6.90. The third-order valence-electron chi connectivity index (χ3n) is 4.39. The summed E-state index contributed by atoms with van der Waals surface area (Å²) >= 11 is 0. The van der Waals surface area contributed by atoms with Crippen LogP contribution in [0.2, 0.25) is 0 Å². The van der Waals surface area contributed by atoms with Crippen LogP contribution in [0.25, 0.3) is 0 Å². The standard InChI is InChI=1S/C20H40O5/c1-6-8-10-11-12-13-15-19(16-14-18-23-17-9-7-2)20(3,24-21-4)25-22-5/h9,17,19H,6-8,10-16,18H2,1-5H3. The molecule has 0 spiro atoms. The molecule has 0 aliphatic carbocycles. The van der Waals surface area contributed by atoms with Crippen molar-refractivity contribution in [2.45, 2.75) is 90.8 Å². The molecule has 0 saturated carbocycles. The van der Waals surface area contributed by atoms with E-state index in [-0.39, 0.29) is 5.92 Å². The SMILES string of the molecule is CCC=COCCCC(CCCCCCCC)C(C)(OOC)OOC. The maximum Gasteiger partial charge on any atom is 0.233 e. The summed E-state index contributed by atoms with van der Waals surface area (Å²) in [6, 6.07) is 0. The molecule has 0 rings (SSSR count). The Balaban J connectivity index is 4.44. The largest absolute Gasteiger partial charge is 0.502 e. The molecule has 25 heavy (non-hydrogen) atoms. The molecular weight excluding hydrogens is 320 g/mol. The van der Waals surface area contributed by atoms with Gasteiger partial charge >= 0.3 is 0 Å². The van der Waals surface area contributed by atoms with Gasteiger partial charge in [0.2, 0.25) is 5.79 Å². The van der Waals surface area contributed by atoms with E-state index < -0.39 is 5.79 Å². The minimum atomic E-state index is -0.911. The average molecular weight is 361 g/mol. The number of allylic oxidation sites excluding steroid dienone is 1. The van der Waals surface area contributed by atoms with Gasteiger partial charge in [0.05, 0.1) is 27.1 Å². The predicted molar refractivity (Wildman–Crippen MR) is 101 cm³/mol. The highest BCUT2D eigenvalue weighted by Gasteiger charge is 2.38. The predicted octanol–water partition coefficient (Wildman–Crippen LogP) is 5.95. The molecule has 0 aromatic carbocycles. The van der Waals surface area contributed by atoms with Crippen LogP contribution in [-0.4, -0.2) is 26.6 Å². The van der Waals surface area contributed by atoms with Crippen molar-refractivity contribution in [1.29, 1.82) is 0 Å². The maximum atomic E-state index is 5.50. The first kappa shape index (κ1) is 24.4. The second kappa shape index (κ2) is 16.8. The van der Waals surface area contributed by atoms with E-state index in [2.05, 4.69) is 13.8 Å². The molecule has 150 valence electrons. The maximum absolute atomic E-state index is 5.50. The highest BCUT2D eigenvalue weighted by molar-refractivity contribution is 4.75. The van der Waals surface area contributed by atoms with Crippen LogP contribution in [0, 0.1) is 5.92 Å². The fourth-order valence-corrected chi connectivity index (χ4v) is 2.97. The molecule has 1 unspecified atom stereocenters. The highest BCUT2D eigenvalue weighted by atomic mass is 17.3. The van der Waals surface area contributed by atoms with Crippen molar-refractivity contribution in [1.82, 2.24) is 0 Å². The fraction of sp³-hybridized carbons (Fsp3) is 0.900. The number of unbranched alkanes of at least 4 members (excludes halogenated alkanes) is 5. The summed E-state index contributed by atoms with van der Waals surface area (Å²) in [4.78, 5) is 20.7. The molecule has 0 bridgehead atoms. The summed E-state index contributed by atoms with van der Waals surface area (Å²) in [5, 5.41) is 0. The smallest absolute Gasteiger partial charge is 0.233 e. The summed E-state index contributed by atoms with van der Waals surface area (Å²) < 4.78 is 5.50. The molecule has 5 nitrogen and oxygen atoms in total. The van der Waals surface area contributed by atoms with Crippen LogP contribution in [0.4, 0.5) is 0 Å². The van der Waals surface area contributed by atoms with Gasteiger partial charge in [-0.25, -0.2) is 9.78 Å². The normalized spacial score (nSPS) is 13.5. The van der Waals surface area contributed by atoms with Crippen LogP contribution < -0.4 is 0 Å². The Morgan fingerprint density at radius 2 is 1.44 bits per heavy atom. The van der Waals surface area contributed by atoms with Crippen molar-refractivity contribution < 1.29 is 24.3 Å². The third-order valence-corrected chi connectivity index (χ3v) is 4.39. The lowest BCUT2D eigenvalue weighted by Crippen LogP contribution is -2.40. The summed E-state index contributed by atoms with van der Waals surface area (Å²) in [6.07, 6.45) is 15.3.